The van der Waals surface area contributed by atoms with E-state index in [1.165, 1.54) is 11.1 Å². The van der Waals surface area contributed by atoms with Gasteiger partial charge in [0.05, 0.1) is 0 Å². The highest BCUT2D eigenvalue weighted by Crippen LogP contribution is 2.23. The summed E-state index contributed by atoms with van der Waals surface area (Å²) in [4.78, 5) is 17.0. The largest absolute Gasteiger partial charge is 0.334 e. The van der Waals surface area contributed by atoms with Crippen molar-refractivity contribution in [3.05, 3.63) is 78.0 Å². The monoisotopic (exact) mass is 386 g/mol. The number of hydrogen-bond acceptors (Lipinski definition) is 4. The molecule has 2 aromatic heterocycles. The Bertz CT molecular complexity index is 1110. The van der Waals surface area contributed by atoms with E-state index in [9.17, 15) is 4.79 Å². The minimum absolute atomic E-state index is 0.120. The lowest BCUT2D eigenvalue weighted by atomic mass is 10.1. The molecule has 6 nitrogen and oxygen atoms in total. The average Bonchev–Trinajstić information content (AvgIpc) is 3.38. The predicted molar refractivity (Wildman–Crippen MR) is 112 cm³/mol. The van der Waals surface area contributed by atoms with Crippen LogP contribution in [0.3, 0.4) is 0 Å². The summed E-state index contributed by atoms with van der Waals surface area (Å²) in [5.41, 5.74) is 4.77. The summed E-state index contributed by atoms with van der Waals surface area (Å²) in [5.74, 6) is 0.781. The first-order valence-electron chi connectivity index (χ1n) is 9.57. The summed E-state index contributed by atoms with van der Waals surface area (Å²) in [5, 5.41) is 7.00. The van der Waals surface area contributed by atoms with Crippen molar-refractivity contribution in [3.8, 4) is 23.0 Å². The quantitative estimate of drug-likeness (QED) is 0.521. The van der Waals surface area contributed by atoms with Gasteiger partial charge in [0.25, 0.3) is 5.89 Å². The molecule has 29 heavy (non-hydrogen) atoms. The minimum atomic E-state index is -0.120. The van der Waals surface area contributed by atoms with Crippen molar-refractivity contribution in [1.29, 1.82) is 0 Å². The van der Waals surface area contributed by atoms with Crippen LogP contribution in [0.4, 0.5) is 5.69 Å². The molecule has 1 amide bonds. The van der Waals surface area contributed by atoms with Crippen molar-refractivity contribution < 1.29 is 9.32 Å². The van der Waals surface area contributed by atoms with Crippen LogP contribution in [0.1, 0.15) is 18.1 Å². The van der Waals surface area contributed by atoms with Gasteiger partial charge < -0.3 is 14.4 Å². The molecule has 0 atom stereocenters. The Hall–Kier alpha value is -3.67. The molecule has 2 aromatic carbocycles. The van der Waals surface area contributed by atoms with Crippen molar-refractivity contribution in [1.82, 2.24) is 14.7 Å². The van der Waals surface area contributed by atoms with Gasteiger partial charge in [-0.1, -0.05) is 54.0 Å². The van der Waals surface area contributed by atoms with Gasteiger partial charge in [-0.15, -0.1) is 0 Å². The van der Waals surface area contributed by atoms with Crippen molar-refractivity contribution in [2.45, 2.75) is 26.8 Å². The first kappa shape index (κ1) is 18.7. The molecule has 0 unspecified atom stereocenters. The SMILES string of the molecule is CCc1ccc(NC(=O)Cn2cccc2-c2nc(-c3ccc(C)cc3)no2)cc1. The molecule has 0 saturated heterocycles. The fourth-order valence-corrected chi connectivity index (χ4v) is 3.07. The molecule has 0 bridgehead atoms. The van der Waals surface area contributed by atoms with Gasteiger partial charge in [0.15, 0.2) is 0 Å². The van der Waals surface area contributed by atoms with Crippen LogP contribution in [0, 0.1) is 6.92 Å². The molecule has 1 N–H and O–H groups in total. The van der Waals surface area contributed by atoms with E-state index < -0.39 is 0 Å². The number of aromatic nitrogens is 3. The third kappa shape index (κ3) is 4.27. The Morgan fingerprint density at radius 3 is 2.55 bits per heavy atom. The zero-order valence-corrected chi connectivity index (χ0v) is 16.4. The van der Waals surface area contributed by atoms with E-state index in [0.29, 0.717) is 17.4 Å². The van der Waals surface area contributed by atoms with Crippen LogP contribution >= 0.6 is 0 Å². The number of nitrogens with zero attached hydrogens (tertiary/aromatic N) is 3. The molecule has 0 aliphatic rings. The molecule has 146 valence electrons. The third-order valence-electron chi connectivity index (χ3n) is 4.74. The number of hydrogen-bond donors (Lipinski definition) is 1. The van der Waals surface area contributed by atoms with Crippen LogP contribution < -0.4 is 5.32 Å². The Labute approximate surface area is 169 Å². The number of carbonyl (C=O) groups excluding carboxylic acids is 1. The molecule has 0 spiro atoms. The lowest BCUT2D eigenvalue weighted by Gasteiger charge is -2.08. The van der Waals surface area contributed by atoms with Crippen molar-refractivity contribution in [2.24, 2.45) is 0 Å². The second-order valence-corrected chi connectivity index (χ2v) is 6.91. The number of aryl methyl sites for hydroxylation is 2. The van der Waals surface area contributed by atoms with Crippen LogP contribution in [0.15, 0.2) is 71.4 Å². The fraction of sp³-hybridized carbons (Fsp3) is 0.174. The summed E-state index contributed by atoms with van der Waals surface area (Å²) >= 11 is 0. The van der Waals surface area contributed by atoms with E-state index in [0.717, 1.165) is 17.7 Å². The lowest BCUT2D eigenvalue weighted by molar-refractivity contribution is -0.116. The molecule has 0 aliphatic heterocycles. The Morgan fingerprint density at radius 1 is 1.07 bits per heavy atom. The highest BCUT2D eigenvalue weighted by atomic mass is 16.5. The zero-order valence-electron chi connectivity index (χ0n) is 16.4. The minimum Gasteiger partial charge on any atom is -0.334 e. The summed E-state index contributed by atoms with van der Waals surface area (Å²) in [6.07, 6.45) is 2.79. The van der Waals surface area contributed by atoms with E-state index in [1.807, 2.05) is 73.8 Å². The standard InChI is InChI=1S/C23H22N4O2/c1-3-17-8-12-19(13-9-17)24-21(28)15-27-14-4-5-20(27)23-25-22(26-29-23)18-10-6-16(2)7-11-18/h4-14H,3,15H2,1-2H3,(H,24,28). The molecule has 4 aromatic rings. The molecule has 2 heterocycles. The Morgan fingerprint density at radius 2 is 1.83 bits per heavy atom. The molecule has 0 radical (unpaired) electrons. The van der Waals surface area contributed by atoms with Crippen molar-refractivity contribution in [2.75, 3.05) is 5.32 Å². The number of nitrogens with one attached hydrogen (secondary N) is 1. The first-order chi connectivity index (χ1) is 14.1. The number of benzene rings is 2. The molecular weight excluding hydrogens is 364 g/mol. The van der Waals surface area contributed by atoms with Crippen LogP contribution in [-0.4, -0.2) is 20.6 Å². The smallest absolute Gasteiger partial charge is 0.274 e. The normalized spacial score (nSPS) is 10.8. The summed E-state index contributed by atoms with van der Waals surface area (Å²) in [6, 6.07) is 19.5. The highest BCUT2D eigenvalue weighted by molar-refractivity contribution is 5.90. The molecule has 0 fully saturated rings. The summed E-state index contributed by atoms with van der Waals surface area (Å²) in [7, 11) is 0. The third-order valence-corrected chi connectivity index (χ3v) is 4.74. The number of amides is 1. The van der Waals surface area contributed by atoms with E-state index in [2.05, 4.69) is 22.4 Å². The molecular formula is C23H22N4O2. The lowest BCUT2D eigenvalue weighted by Crippen LogP contribution is -2.18. The van der Waals surface area contributed by atoms with Crippen molar-refractivity contribution >= 4 is 11.6 Å². The summed E-state index contributed by atoms with van der Waals surface area (Å²) in [6.45, 7) is 4.28. The number of rotatable bonds is 6. The fourth-order valence-electron chi connectivity index (χ4n) is 3.07. The van der Waals surface area contributed by atoms with Crippen LogP contribution in [-0.2, 0) is 17.8 Å². The molecule has 0 saturated carbocycles. The number of anilines is 1. The van der Waals surface area contributed by atoms with Gasteiger partial charge in [0.1, 0.15) is 12.2 Å². The first-order valence-corrected chi connectivity index (χ1v) is 9.57. The Balaban J connectivity index is 1.48. The van der Waals surface area contributed by atoms with Crippen LogP contribution in [0.2, 0.25) is 0 Å². The maximum Gasteiger partial charge on any atom is 0.274 e. The van der Waals surface area contributed by atoms with Crippen LogP contribution in [0.25, 0.3) is 23.0 Å². The second kappa shape index (κ2) is 8.14. The van der Waals surface area contributed by atoms with Gasteiger partial charge in [-0.2, -0.15) is 4.98 Å². The number of carbonyl (C=O) groups is 1. The summed E-state index contributed by atoms with van der Waals surface area (Å²) < 4.78 is 7.24. The predicted octanol–water partition coefficient (Wildman–Crippen LogP) is 4.71. The second-order valence-electron chi connectivity index (χ2n) is 6.91. The van der Waals surface area contributed by atoms with E-state index in [-0.39, 0.29) is 12.5 Å². The van der Waals surface area contributed by atoms with Crippen LogP contribution in [0.5, 0.6) is 0 Å². The van der Waals surface area contributed by atoms with Gasteiger partial charge in [0, 0.05) is 17.4 Å². The Kier molecular flexibility index (Phi) is 5.24. The molecule has 6 heteroatoms. The average molecular weight is 386 g/mol. The van der Waals surface area contributed by atoms with Gasteiger partial charge in [0.2, 0.25) is 11.7 Å². The van der Waals surface area contributed by atoms with Gasteiger partial charge in [-0.25, -0.2) is 0 Å². The molecule has 0 aliphatic carbocycles. The van der Waals surface area contributed by atoms with E-state index in [4.69, 9.17) is 4.52 Å². The van der Waals surface area contributed by atoms with E-state index >= 15 is 0 Å². The van der Waals surface area contributed by atoms with Gasteiger partial charge in [-0.3, -0.25) is 4.79 Å². The topological polar surface area (TPSA) is 73.0 Å². The van der Waals surface area contributed by atoms with Gasteiger partial charge >= 0.3 is 0 Å². The maximum atomic E-state index is 12.5. The highest BCUT2D eigenvalue weighted by Gasteiger charge is 2.15. The van der Waals surface area contributed by atoms with Crippen molar-refractivity contribution in [3.63, 3.8) is 0 Å². The van der Waals surface area contributed by atoms with Gasteiger partial charge in [-0.05, 0) is 43.2 Å². The van der Waals surface area contributed by atoms with E-state index in [1.54, 1.807) is 4.57 Å². The zero-order chi connectivity index (χ0) is 20.2. The molecule has 4 rings (SSSR count). The maximum absolute atomic E-state index is 12.5.